The first kappa shape index (κ1) is 15.6. The molecule has 2 heterocycles. The van der Waals surface area contributed by atoms with E-state index in [1.54, 1.807) is 0 Å². The SMILES string of the molecule is O=C([C@H]1C[C@@H]1c1ccccc1)N1CCC(c2nc3ccccc3[nH]2)CC1. The molecule has 132 valence electrons. The van der Waals surface area contributed by atoms with Crippen molar-refractivity contribution in [3.05, 3.63) is 66.0 Å². The van der Waals surface area contributed by atoms with E-state index in [1.165, 1.54) is 5.56 Å². The highest BCUT2D eigenvalue weighted by molar-refractivity contribution is 5.83. The fourth-order valence-electron chi connectivity index (χ4n) is 4.31. The van der Waals surface area contributed by atoms with E-state index in [2.05, 4.69) is 40.2 Å². The van der Waals surface area contributed by atoms with Gasteiger partial charge in [-0.3, -0.25) is 4.79 Å². The minimum absolute atomic E-state index is 0.195. The predicted octanol–water partition coefficient (Wildman–Crippen LogP) is 4.07. The zero-order chi connectivity index (χ0) is 17.5. The minimum Gasteiger partial charge on any atom is -0.342 e. The van der Waals surface area contributed by atoms with Crippen molar-refractivity contribution in [2.75, 3.05) is 13.1 Å². The number of para-hydroxylation sites is 2. The second-order valence-corrected chi connectivity index (χ2v) is 7.60. The number of likely N-dealkylation sites (tertiary alicyclic amines) is 1. The lowest BCUT2D eigenvalue weighted by molar-refractivity contribution is -0.133. The van der Waals surface area contributed by atoms with Crippen LogP contribution in [0.5, 0.6) is 0 Å². The molecule has 1 amide bonds. The summed E-state index contributed by atoms with van der Waals surface area (Å²) in [6.07, 6.45) is 2.99. The van der Waals surface area contributed by atoms with Gasteiger partial charge in [0.05, 0.1) is 11.0 Å². The summed E-state index contributed by atoms with van der Waals surface area (Å²) < 4.78 is 0. The summed E-state index contributed by atoms with van der Waals surface area (Å²) in [4.78, 5) is 23.1. The van der Waals surface area contributed by atoms with Crippen LogP contribution in [-0.2, 0) is 4.79 Å². The third-order valence-electron chi connectivity index (χ3n) is 5.94. The standard InChI is InChI=1S/C22H23N3O/c26-22(18-14-17(18)15-6-2-1-3-7-15)25-12-10-16(11-13-25)21-23-19-8-4-5-9-20(19)24-21/h1-9,16-18H,10-14H2,(H,23,24)/t17-,18+/m1/s1. The first-order valence-corrected chi connectivity index (χ1v) is 9.58. The molecule has 0 unspecified atom stereocenters. The van der Waals surface area contributed by atoms with Gasteiger partial charge in [0, 0.05) is 24.9 Å². The summed E-state index contributed by atoms with van der Waals surface area (Å²) in [6, 6.07) is 18.6. The van der Waals surface area contributed by atoms with E-state index < -0.39 is 0 Å². The Morgan fingerprint density at radius 2 is 1.73 bits per heavy atom. The van der Waals surface area contributed by atoms with Crippen molar-refractivity contribution >= 4 is 16.9 Å². The number of piperidine rings is 1. The number of aromatic nitrogens is 2. The van der Waals surface area contributed by atoms with E-state index in [0.29, 0.717) is 17.7 Å². The number of carbonyl (C=O) groups is 1. The lowest BCUT2D eigenvalue weighted by Crippen LogP contribution is -2.39. The number of H-pyrrole nitrogens is 1. The predicted molar refractivity (Wildman–Crippen MR) is 102 cm³/mol. The summed E-state index contributed by atoms with van der Waals surface area (Å²) in [5, 5.41) is 0. The number of hydrogen-bond acceptors (Lipinski definition) is 2. The Bertz CT molecular complexity index is 892. The number of nitrogens with one attached hydrogen (secondary N) is 1. The summed E-state index contributed by atoms with van der Waals surface area (Å²) in [7, 11) is 0. The lowest BCUT2D eigenvalue weighted by atomic mass is 9.95. The molecule has 1 N–H and O–H groups in total. The highest BCUT2D eigenvalue weighted by Crippen LogP contribution is 2.48. The molecule has 1 aliphatic heterocycles. The summed E-state index contributed by atoms with van der Waals surface area (Å²) >= 11 is 0. The van der Waals surface area contributed by atoms with Crippen LogP contribution in [0.1, 0.15) is 42.5 Å². The Kier molecular flexibility index (Phi) is 3.77. The molecule has 1 aromatic heterocycles. The van der Waals surface area contributed by atoms with Gasteiger partial charge in [0.1, 0.15) is 5.82 Å². The largest absolute Gasteiger partial charge is 0.342 e. The Labute approximate surface area is 153 Å². The number of fused-ring (bicyclic) bond motifs is 1. The van der Waals surface area contributed by atoms with Crippen LogP contribution in [0.4, 0.5) is 0 Å². The number of benzene rings is 2. The van der Waals surface area contributed by atoms with Gasteiger partial charge in [0.25, 0.3) is 0 Å². The van der Waals surface area contributed by atoms with Crippen molar-refractivity contribution in [2.45, 2.75) is 31.1 Å². The third-order valence-corrected chi connectivity index (χ3v) is 5.94. The first-order valence-electron chi connectivity index (χ1n) is 9.58. The van der Waals surface area contributed by atoms with Crippen molar-refractivity contribution in [1.82, 2.24) is 14.9 Å². The Morgan fingerprint density at radius 1 is 1.00 bits per heavy atom. The number of imidazole rings is 1. The molecule has 1 aliphatic carbocycles. The van der Waals surface area contributed by atoms with E-state index in [-0.39, 0.29) is 5.92 Å². The molecule has 2 fully saturated rings. The number of aromatic amines is 1. The molecule has 0 bridgehead atoms. The number of amides is 1. The topological polar surface area (TPSA) is 49.0 Å². The highest BCUT2D eigenvalue weighted by atomic mass is 16.2. The van der Waals surface area contributed by atoms with Gasteiger partial charge in [-0.15, -0.1) is 0 Å². The van der Waals surface area contributed by atoms with Crippen molar-refractivity contribution in [3.8, 4) is 0 Å². The molecule has 1 saturated heterocycles. The molecule has 4 heteroatoms. The third kappa shape index (κ3) is 2.79. The molecule has 0 spiro atoms. The smallest absolute Gasteiger partial charge is 0.226 e. The van der Waals surface area contributed by atoms with Crippen LogP contribution in [0.15, 0.2) is 54.6 Å². The maximum Gasteiger partial charge on any atom is 0.226 e. The van der Waals surface area contributed by atoms with Crippen LogP contribution >= 0.6 is 0 Å². The fraction of sp³-hybridized carbons (Fsp3) is 0.364. The average molecular weight is 345 g/mol. The van der Waals surface area contributed by atoms with E-state index in [4.69, 9.17) is 4.98 Å². The van der Waals surface area contributed by atoms with E-state index in [0.717, 1.165) is 49.2 Å². The van der Waals surface area contributed by atoms with Crippen molar-refractivity contribution in [1.29, 1.82) is 0 Å². The van der Waals surface area contributed by atoms with Crippen molar-refractivity contribution in [3.63, 3.8) is 0 Å². The van der Waals surface area contributed by atoms with Crippen molar-refractivity contribution < 1.29 is 4.79 Å². The van der Waals surface area contributed by atoms with Crippen LogP contribution in [0.3, 0.4) is 0 Å². The second kappa shape index (κ2) is 6.27. The van der Waals surface area contributed by atoms with Crippen LogP contribution in [0, 0.1) is 5.92 Å². The highest BCUT2D eigenvalue weighted by Gasteiger charge is 2.46. The van der Waals surface area contributed by atoms with E-state index >= 15 is 0 Å². The number of carbonyl (C=O) groups excluding carboxylic acids is 1. The van der Waals surface area contributed by atoms with Gasteiger partial charge in [0.2, 0.25) is 5.91 Å². The number of nitrogens with zero attached hydrogens (tertiary/aromatic N) is 2. The van der Waals surface area contributed by atoms with Gasteiger partial charge in [-0.1, -0.05) is 42.5 Å². The number of hydrogen-bond donors (Lipinski definition) is 1. The molecule has 0 radical (unpaired) electrons. The molecular weight excluding hydrogens is 322 g/mol. The normalized spacial score (nSPS) is 23.3. The Morgan fingerprint density at radius 3 is 2.50 bits per heavy atom. The summed E-state index contributed by atoms with van der Waals surface area (Å²) in [5.41, 5.74) is 3.44. The monoisotopic (exact) mass is 345 g/mol. The zero-order valence-corrected chi connectivity index (χ0v) is 14.8. The molecule has 1 saturated carbocycles. The maximum absolute atomic E-state index is 12.8. The van der Waals surface area contributed by atoms with Gasteiger partial charge in [-0.25, -0.2) is 4.98 Å². The van der Waals surface area contributed by atoms with Gasteiger partial charge >= 0.3 is 0 Å². The lowest BCUT2D eigenvalue weighted by Gasteiger charge is -2.31. The molecule has 2 aliphatic rings. The molecule has 4 nitrogen and oxygen atoms in total. The van der Waals surface area contributed by atoms with E-state index in [1.807, 2.05) is 24.3 Å². The van der Waals surface area contributed by atoms with Gasteiger partial charge in [0.15, 0.2) is 0 Å². The first-order chi connectivity index (χ1) is 12.8. The molecule has 26 heavy (non-hydrogen) atoms. The second-order valence-electron chi connectivity index (χ2n) is 7.60. The van der Waals surface area contributed by atoms with Crippen LogP contribution in [0.2, 0.25) is 0 Å². The van der Waals surface area contributed by atoms with Crippen LogP contribution in [0.25, 0.3) is 11.0 Å². The minimum atomic E-state index is 0.195. The van der Waals surface area contributed by atoms with Crippen LogP contribution in [-0.4, -0.2) is 33.9 Å². The molecule has 2 aromatic carbocycles. The van der Waals surface area contributed by atoms with Gasteiger partial charge in [-0.2, -0.15) is 0 Å². The maximum atomic E-state index is 12.8. The van der Waals surface area contributed by atoms with Crippen LogP contribution < -0.4 is 0 Å². The number of rotatable bonds is 3. The Hall–Kier alpha value is -2.62. The molecule has 3 aromatic rings. The van der Waals surface area contributed by atoms with Gasteiger partial charge in [-0.05, 0) is 42.9 Å². The fourth-order valence-corrected chi connectivity index (χ4v) is 4.31. The average Bonchev–Trinajstić information content (AvgIpc) is 3.39. The summed E-state index contributed by atoms with van der Waals surface area (Å²) in [6.45, 7) is 1.69. The Balaban J connectivity index is 1.21. The molecule has 5 rings (SSSR count). The van der Waals surface area contributed by atoms with E-state index in [9.17, 15) is 4.79 Å². The molecular formula is C22H23N3O. The van der Waals surface area contributed by atoms with Gasteiger partial charge < -0.3 is 9.88 Å². The summed E-state index contributed by atoms with van der Waals surface area (Å²) in [5.74, 6) is 2.47. The quantitative estimate of drug-likeness (QED) is 0.778. The van der Waals surface area contributed by atoms with Crippen molar-refractivity contribution in [2.24, 2.45) is 5.92 Å². The zero-order valence-electron chi connectivity index (χ0n) is 14.8. The molecule has 2 atom stereocenters.